The van der Waals surface area contributed by atoms with Crippen molar-refractivity contribution < 1.29 is 36.2 Å². The van der Waals surface area contributed by atoms with Gasteiger partial charge in [0.25, 0.3) is 0 Å². The number of rotatable bonds is 3. The second kappa shape index (κ2) is 6.07. The SMILES string of the molecule is OCc1ncc(C(F)(F)F)cc1-c1ccc(OC(F)(F)F)cc1. The topological polar surface area (TPSA) is 42.4 Å². The molecule has 0 unspecified atom stereocenters. The van der Waals surface area contributed by atoms with Crippen LogP contribution in [0.15, 0.2) is 36.5 Å². The van der Waals surface area contributed by atoms with Crippen molar-refractivity contribution in [3.63, 3.8) is 0 Å². The molecule has 1 aromatic heterocycles. The normalized spacial score (nSPS) is 12.3. The van der Waals surface area contributed by atoms with Crippen molar-refractivity contribution in [1.82, 2.24) is 4.98 Å². The molecule has 1 heterocycles. The van der Waals surface area contributed by atoms with E-state index in [2.05, 4.69) is 9.72 Å². The summed E-state index contributed by atoms with van der Waals surface area (Å²) >= 11 is 0. The van der Waals surface area contributed by atoms with E-state index in [0.717, 1.165) is 30.3 Å². The zero-order chi connectivity index (χ0) is 17.3. The third-order valence-corrected chi connectivity index (χ3v) is 2.85. The predicted octanol–water partition coefficient (Wildman–Crippen LogP) is 4.16. The highest BCUT2D eigenvalue weighted by Gasteiger charge is 2.32. The number of nitrogens with zero attached hydrogens (tertiary/aromatic N) is 1. The van der Waals surface area contributed by atoms with Crippen molar-refractivity contribution in [2.24, 2.45) is 0 Å². The van der Waals surface area contributed by atoms with E-state index in [0.29, 0.717) is 6.20 Å². The van der Waals surface area contributed by atoms with E-state index in [1.54, 1.807) is 0 Å². The molecule has 3 nitrogen and oxygen atoms in total. The Morgan fingerprint density at radius 2 is 1.61 bits per heavy atom. The number of pyridine rings is 1. The van der Waals surface area contributed by atoms with Gasteiger partial charge in [-0.2, -0.15) is 13.2 Å². The summed E-state index contributed by atoms with van der Waals surface area (Å²) in [5, 5.41) is 9.16. The van der Waals surface area contributed by atoms with Crippen molar-refractivity contribution in [2.45, 2.75) is 19.1 Å². The van der Waals surface area contributed by atoms with Crippen LogP contribution in [0.2, 0.25) is 0 Å². The van der Waals surface area contributed by atoms with E-state index >= 15 is 0 Å². The van der Waals surface area contributed by atoms with Gasteiger partial charge in [-0.1, -0.05) is 12.1 Å². The summed E-state index contributed by atoms with van der Waals surface area (Å²) in [6, 6.07) is 5.00. The molecule has 2 aromatic rings. The molecule has 0 bridgehead atoms. The van der Waals surface area contributed by atoms with Gasteiger partial charge in [0, 0.05) is 11.8 Å². The maximum Gasteiger partial charge on any atom is 0.573 e. The first kappa shape index (κ1) is 17.1. The first-order valence-electron chi connectivity index (χ1n) is 6.13. The summed E-state index contributed by atoms with van der Waals surface area (Å²) < 4.78 is 78.1. The highest BCUT2D eigenvalue weighted by Crippen LogP contribution is 2.34. The molecule has 1 aromatic carbocycles. The number of benzene rings is 1. The van der Waals surface area contributed by atoms with Crippen LogP contribution in [0, 0.1) is 0 Å². The molecule has 0 fully saturated rings. The number of hydrogen-bond acceptors (Lipinski definition) is 3. The number of hydrogen-bond donors (Lipinski definition) is 1. The summed E-state index contributed by atoms with van der Waals surface area (Å²) in [5.74, 6) is -0.508. The van der Waals surface area contributed by atoms with Crippen LogP contribution in [-0.2, 0) is 12.8 Å². The van der Waals surface area contributed by atoms with Crippen molar-refractivity contribution >= 4 is 0 Å². The molecular weight excluding hydrogens is 328 g/mol. The lowest BCUT2D eigenvalue weighted by Gasteiger charge is -2.13. The van der Waals surface area contributed by atoms with Crippen LogP contribution in [-0.4, -0.2) is 16.5 Å². The fraction of sp³-hybridized carbons (Fsp3) is 0.214. The fourth-order valence-corrected chi connectivity index (χ4v) is 1.86. The van der Waals surface area contributed by atoms with Crippen LogP contribution < -0.4 is 4.74 Å². The van der Waals surface area contributed by atoms with Crippen molar-refractivity contribution in [2.75, 3.05) is 0 Å². The van der Waals surface area contributed by atoms with Gasteiger partial charge in [-0.05, 0) is 23.8 Å². The Morgan fingerprint density at radius 1 is 1.00 bits per heavy atom. The Morgan fingerprint density at radius 3 is 2.09 bits per heavy atom. The summed E-state index contributed by atoms with van der Waals surface area (Å²) in [4.78, 5) is 3.54. The highest BCUT2D eigenvalue weighted by molar-refractivity contribution is 5.67. The Bertz CT molecular complexity index is 679. The van der Waals surface area contributed by atoms with E-state index in [9.17, 15) is 26.3 Å². The van der Waals surface area contributed by atoms with E-state index in [4.69, 9.17) is 5.11 Å². The number of aromatic nitrogens is 1. The number of halogens is 6. The Labute approximate surface area is 126 Å². The van der Waals surface area contributed by atoms with Gasteiger partial charge in [0.1, 0.15) is 5.75 Å². The smallest absolute Gasteiger partial charge is 0.406 e. The maximum absolute atomic E-state index is 12.7. The van der Waals surface area contributed by atoms with Crippen LogP contribution in [0.25, 0.3) is 11.1 Å². The zero-order valence-electron chi connectivity index (χ0n) is 11.2. The molecule has 0 saturated heterocycles. The van der Waals surface area contributed by atoms with Gasteiger partial charge in [-0.3, -0.25) is 4.98 Å². The number of alkyl halides is 6. The molecule has 0 aliphatic carbocycles. The molecule has 0 saturated carbocycles. The highest BCUT2D eigenvalue weighted by atomic mass is 19.4. The lowest BCUT2D eigenvalue weighted by Crippen LogP contribution is -2.16. The van der Waals surface area contributed by atoms with Gasteiger partial charge in [0.2, 0.25) is 0 Å². The quantitative estimate of drug-likeness (QED) is 0.856. The Kier molecular flexibility index (Phi) is 4.51. The van der Waals surface area contributed by atoms with E-state index in [-0.39, 0.29) is 16.8 Å². The molecule has 0 spiro atoms. The van der Waals surface area contributed by atoms with Crippen molar-refractivity contribution in [3.05, 3.63) is 47.8 Å². The van der Waals surface area contributed by atoms with Crippen LogP contribution in [0.4, 0.5) is 26.3 Å². The third kappa shape index (κ3) is 4.35. The van der Waals surface area contributed by atoms with Crippen molar-refractivity contribution in [3.8, 4) is 16.9 Å². The lowest BCUT2D eigenvalue weighted by atomic mass is 10.0. The summed E-state index contributed by atoms with van der Waals surface area (Å²) in [7, 11) is 0. The van der Waals surface area contributed by atoms with Gasteiger partial charge in [-0.25, -0.2) is 0 Å². The average molecular weight is 337 g/mol. The van der Waals surface area contributed by atoms with Gasteiger partial charge >= 0.3 is 12.5 Å². The molecule has 124 valence electrons. The molecule has 0 aliphatic heterocycles. The Hall–Kier alpha value is -2.29. The second-order valence-electron chi connectivity index (χ2n) is 4.45. The number of aliphatic hydroxyl groups is 1. The minimum absolute atomic E-state index is 0.0255. The number of ether oxygens (including phenoxy) is 1. The molecule has 23 heavy (non-hydrogen) atoms. The molecule has 0 atom stereocenters. The minimum atomic E-state index is -4.87. The summed E-state index contributed by atoms with van der Waals surface area (Å²) in [6.07, 6.45) is -8.92. The largest absolute Gasteiger partial charge is 0.573 e. The molecule has 0 radical (unpaired) electrons. The molecule has 1 N–H and O–H groups in total. The van der Waals surface area contributed by atoms with Gasteiger partial charge in [0.05, 0.1) is 17.9 Å². The monoisotopic (exact) mass is 337 g/mol. The fourth-order valence-electron chi connectivity index (χ4n) is 1.86. The predicted molar refractivity (Wildman–Crippen MR) is 67.3 cm³/mol. The first-order valence-corrected chi connectivity index (χ1v) is 6.13. The Balaban J connectivity index is 2.40. The average Bonchev–Trinajstić information content (AvgIpc) is 2.45. The van der Waals surface area contributed by atoms with Gasteiger partial charge in [-0.15, -0.1) is 13.2 Å². The molecule has 2 rings (SSSR count). The molecule has 0 aliphatic rings. The number of aliphatic hydroxyl groups excluding tert-OH is 1. The van der Waals surface area contributed by atoms with Crippen LogP contribution in [0.5, 0.6) is 5.75 Å². The van der Waals surface area contributed by atoms with E-state index in [1.807, 2.05) is 0 Å². The van der Waals surface area contributed by atoms with Crippen LogP contribution in [0.1, 0.15) is 11.3 Å². The van der Waals surface area contributed by atoms with Crippen LogP contribution >= 0.6 is 0 Å². The standard InChI is InChI=1S/C14H9F6NO2/c15-13(16,17)9-5-11(12(7-22)21-6-9)8-1-3-10(4-2-8)23-14(18,19)20/h1-6,22H,7H2. The van der Waals surface area contributed by atoms with Gasteiger partial charge < -0.3 is 9.84 Å². The van der Waals surface area contributed by atoms with Crippen LogP contribution in [0.3, 0.4) is 0 Å². The second-order valence-corrected chi connectivity index (χ2v) is 4.45. The summed E-state index contributed by atoms with van der Waals surface area (Å²) in [5.41, 5.74) is -0.911. The first-order chi connectivity index (χ1) is 10.6. The van der Waals surface area contributed by atoms with Gasteiger partial charge in [0.15, 0.2) is 0 Å². The molecule has 0 amide bonds. The van der Waals surface area contributed by atoms with E-state index < -0.39 is 30.5 Å². The minimum Gasteiger partial charge on any atom is -0.406 e. The summed E-state index contributed by atoms with van der Waals surface area (Å²) in [6.45, 7) is -0.617. The van der Waals surface area contributed by atoms with Crippen molar-refractivity contribution in [1.29, 1.82) is 0 Å². The lowest BCUT2D eigenvalue weighted by molar-refractivity contribution is -0.274. The zero-order valence-corrected chi connectivity index (χ0v) is 11.2. The molecule has 9 heteroatoms. The maximum atomic E-state index is 12.7. The molecular formula is C14H9F6NO2. The van der Waals surface area contributed by atoms with E-state index in [1.165, 1.54) is 0 Å². The third-order valence-electron chi connectivity index (χ3n) is 2.85.